The number of amides is 4. The zero-order chi connectivity index (χ0) is 24.1. The largest absolute Gasteiger partial charge is 0.353 e. The first-order chi connectivity index (χ1) is 16.4. The van der Waals surface area contributed by atoms with E-state index in [9.17, 15) is 19.2 Å². The predicted octanol–water partition coefficient (Wildman–Crippen LogP) is 2.24. The average molecular weight is 486 g/mol. The summed E-state index contributed by atoms with van der Waals surface area (Å²) in [6, 6.07) is 6.96. The normalized spacial score (nSPS) is 21.3. The number of hydrogen-bond acceptors (Lipinski definition) is 6. The van der Waals surface area contributed by atoms with Gasteiger partial charge in [0.1, 0.15) is 5.25 Å². The highest BCUT2D eigenvalue weighted by Crippen LogP contribution is 2.29. The van der Waals surface area contributed by atoms with Crippen molar-refractivity contribution < 1.29 is 19.2 Å². The van der Waals surface area contributed by atoms with Gasteiger partial charge in [0.05, 0.1) is 0 Å². The highest BCUT2D eigenvalue weighted by molar-refractivity contribution is 8.15. The third-order valence-electron chi connectivity index (χ3n) is 6.31. The predicted molar refractivity (Wildman–Crippen MR) is 132 cm³/mol. The number of rotatable bonds is 5. The second-order valence-corrected chi connectivity index (χ2v) is 10.2. The van der Waals surface area contributed by atoms with Gasteiger partial charge in [0.25, 0.3) is 11.8 Å². The first-order valence-electron chi connectivity index (χ1n) is 11.9. The van der Waals surface area contributed by atoms with E-state index in [4.69, 9.17) is 0 Å². The van der Waals surface area contributed by atoms with Gasteiger partial charge in [-0.25, -0.2) is 0 Å². The maximum Gasteiger partial charge on any atom is 0.262 e. The van der Waals surface area contributed by atoms with E-state index in [1.54, 1.807) is 29.2 Å². The number of aliphatic imine (C=N–C) groups is 1. The van der Waals surface area contributed by atoms with Crippen molar-refractivity contribution in [2.75, 3.05) is 31.5 Å². The van der Waals surface area contributed by atoms with Crippen LogP contribution in [0.15, 0.2) is 29.3 Å². The molecular formula is C24H31N5O4S. The summed E-state index contributed by atoms with van der Waals surface area (Å²) in [5.41, 5.74) is 1.02. The van der Waals surface area contributed by atoms with E-state index < -0.39 is 5.25 Å². The van der Waals surface area contributed by atoms with Crippen molar-refractivity contribution in [3.05, 3.63) is 29.8 Å². The van der Waals surface area contributed by atoms with E-state index >= 15 is 0 Å². The van der Waals surface area contributed by atoms with E-state index in [-0.39, 0.29) is 36.1 Å². The average Bonchev–Trinajstić information content (AvgIpc) is 3.19. The fourth-order valence-corrected chi connectivity index (χ4v) is 5.65. The molecule has 3 aliphatic rings. The minimum Gasteiger partial charge on any atom is -0.353 e. The fourth-order valence-electron chi connectivity index (χ4n) is 4.54. The summed E-state index contributed by atoms with van der Waals surface area (Å²) in [6.45, 7) is 4.45. The quantitative estimate of drug-likeness (QED) is 0.662. The topological polar surface area (TPSA) is 111 Å². The Kier molecular flexibility index (Phi) is 7.87. The molecule has 2 saturated heterocycles. The van der Waals surface area contributed by atoms with Crippen molar-refractivity contribution in [2.24, 2.45) is 4.99 Å². The molecular weight excluding hydrogens is 454 g/mol. The number of nitrogens with one attached hydrogen (secondary N) is 2. The molecule has 3 aliphatic heterocycles. The third kappa shape index (κ3) is 6.16. The highest BCUT2D eigenvalue weighted by Gasteiger charge is 2.33. The van der Waals surface area contributed by atoms with Crippen LogP contribution in [0.1, 0.15) is 55.8 Å². The zero-order valence-corrected chi connectivity index (χ0v) is 20.2. The van der Waals surface area contributed by atoms with E-state index in [2.05, 4.69) is 20.5 Å². The molecule has 3 heterocycles. The van der Waals surface area contributed by atoms with Gasteiger partial charge in [-0.3, -0.25) is 19.2 Å². The number of nitrogens with zero attached hydrogens (tertiary/aromatic N) is 3. The van der Waals surface area contributed by atoms with Crippen molar-refractivity contribution in [1.29, 1.82) is 0 Å². The fraction of sp³-hybridized carbons (Fsp3) is 0.542. The smallest absolute Gasteiger partial charge is 0.262 e. The first-order valence-corrected chi connectivity index (χ1v) is 12.8. The molecule has 0 aliphatic carbocycles. The maximum atomic E-state index is 12.9. The molecule has 1 aromatic carbocycles. The van der Waals surface area contributed by atoms with Crippen LogP contribution in [0.5, 0.6) is 0 Å². The molecule has 0 bridgehead atoms. The van der Waals surface area contributed by atoms with Gasteiger partial charge in [0.2, 0.25) is 11.8 Å². The second-order valence-electron chi connectivity index (χ2n) is 8.99. The molecule has 1 unspecified atom stereocenters. The first kappa shape index (κ1) is 24.3. The molecule has 0 aromatic heterocycles. The minimum absolute atomic E-state index is 0.0408. The van der Waals surface area contributed by atoms with E-state index in [0.29, 0.717) is 24.3 Å². The van der Waals surface area contributed by atoms with E-state index in [1.165, 1.54) is 25.1 Å². The van der Waals surface area contributed by atoms with Crippen molar-refractivity contribution >= 4 is 46.2 Å². The van der Waals surface area contributed by atoms with Gasteiger partial charge in [-0.05, 0) is 50.3 Å². The Hall–Kier alpha value is -2.88. The SMILES string of the molecule is CC(=O)NC1CCN(C(=O)c2cccc(NC(=O)CC3SC(N4CCCCC4)=NC3=O)c2)CC1. The lowest BCUT2D eigenvalue weighted by atomic mass is 10.0. The summed E-state index contributed by atoms with van der Waals surface area (Å²) in [5, 5.41) is 5.95. The molecule has 0 saturated carbocycles. The number of thioether (sulfide) groups is 1. The molecule has 0 spiro atoms. The number of piperidine rings is 2. The number of carbonyl (C=O) groups excluding carboxylic acids is 4. The van der Waals surface area contributed by atoms with Crippen LogP contribution in [0, 0.1) is 0 Å². The lowest BCUT2D eigenvalue weighted by Gasteiger charge is -2.32. The van der Waals surface area contributed by atoms with Crippen LogP contribution in [0.4, 0.5) is 5.69 Å². The zero-order valence-electron chi connectivity index (χ0n) is 19.4. The lowest BCUT2D eigenvalue weighted by Crippen LogP contribution is -2.46. The summed E-state index contributed by atoms with van der Waals surface area (Å²) in [7, 11) is 0. The molecule has 4 amide bonds. The van der Waals surface area contributed by atoms with Crippen LogP contribution in [0.3, 0.4) is 0 Å². The van der Waals surface area contributed by atoms with Gasteiger partial charge >= 0.3 is 0 Å². The molecule has 0 radical (unpaired) electrons. The van der Waals surface area contributed by atoms with Crippen molar-refractivity contribution in [1.82, 2.24) is 15.1 Å². The number of anilines is 1. The number of hydrogen-bond donors (Lipinski definition) is 2. The van der Waals surface area contributed by atoms with Crippen LogP contribution < -0.4 is 10.6 Å². The molecule has 182 valence electrons. The molecule has 2 N–H and O–H groups in total. The van der Waals surface area contributed by atoms with Crippen molar-refractivity contribution in [2.45, 2.75) is 56.7 Å². The number of benzene rings is 1. The standard InChI is InChI=1S/C24H31N5O4S/c1-16(30)25-18-8-12-28(13-9-18)23(33)17-6-5-7-19(14-17)26-21(31)15-20-22(32)27-24(34-20)29-10-3-2-4-11-29/h5-7,14,18,20H,2-4,8-13,15H2,1H3,(H,25,30)(H,26,31). The summed E-state index contributed by atoms with van der Waals surface area (Å²) >= 11 is 1.37. The molecule has 1 aromatic rings. The van der Waals surface area contributed by atoms with Gasteiger partial charge in [-0.1, -0.05) is 17.8 Å². The Balaban J connectivity index is 1.28. The number of amidine groups is 1. The Morgan fingerprint density at radius 1 is 1.09 bits per heavy atom. The Labute approximate surface area is 203 Å². The van der Waals surface area contributed by atoms with Gasteiger partial charge in [0.15, 0.2) is 5.17 Å². The monoisotopic (exact) mass is 485 g/mol. The summed E-state index contributed by atoms with van der Waals surface area (Å²) in [5.74, 6) is -0.687. The minimum atomic E-state index is -0.508. The lowest BCUT2D eigenvalue weighted by molar-refractivity contribution is -0.121. The van der Waals surface area contributed by atoms with E-state index in [0.717, 1.165) is 43.9 Å². The molecule has 4 rings (SSSR count). The molecule has 10 heteroatoms. The highest BCUT2D eigenvalue weighted by atomic mass is 32.2. The Morgan fingerprint density at radius 3 is 2.53 bits per heavy atom. The van der Waals surface area contributed by atoms with Gasteiger partial charge in [-0.2, -0.15) is 4.99 Å². The summed E-state index contributed by atoms with van der Waals surface area (Å²) in [4.78, 5) is 57.2. The number of carbonyl (C=O) groups is 4. The van der Waals surface area contributed by atoms with Crippen LogP contribution in [0.25, 0.3) is 0 Å². The molecule has 1 atom stereocenters. The van der Waals surface area contributed by atoms with Crippen LogP contribution in [-0.2, 0) is 14.4 Å². The molecule has 34 heavy (non-hydrogen) atoms. The van der Waals surface area contributed by atoms with Gasteiger partial charge < -0.3 is 20.4 Å². The second kappa shape index (κ2) is 11.0. The van der Waals surface area contributed by atoms with Crippen LogP contribution in [-0.4, -0.2) is 76.1 Å². The molecule has 2 fully saturated rings. The summed E-state index contributed by atoms with van der Waals surface area (Å²) < 4.78 is 0. The van der Waals surface area contributed by atoms with Crippen molar-refractivity contribution in [3.63, 3.8) is 0 Å². The Bertz CT molecular complexity index is 983. The Morgan fingerprint density at radius 2 is 1.82 bits per heavy atom. The van der Waals surface area contributed by atoms with Gasteiger partial charge in [0, 0.05) is 56.8 Å². The van der Waals surface area contributed by atoms with Crippen LogP contribution >= 0.6 is 11.8 Å². The summed E-state index contributed by atoms with van der Waals surface area (Å²) in [6.07, 6.45) is 4.87. The third-order valence-corrected chi connectivity index (χ3v) is 7.52. The van der Waals surface area contributed by atoms with Crippen LogP contribution in [0.2, 0.25) is 0 Å². The molecule has 9 nitrogen and oxygen atoms in total. The van der Waals surface area contributed by atoms with E-state index in [1.807, 2.05) is 0 Å². The maximum absolute atomic E-state index is 12.9. The van der Waals surface area contributed by atoms with Crippen molar-refractivity contribution in [3.8, 4) is 0 Å². The van der Waals surface area contributed by atoms with Gasteiger partial charge in [-0.15, -0.1) is 0 Å². The number of likely N-dealkylation sites (tertiary alicyclic amines) is 2.